The summed E-state index contributed by atoms with van der Waals surface area (Å²) in [5, 5.41) is 8.67. The first-order chi connectivity index (χ1) is 21.8. The van der Waals surface area contributed by atoms with E-state index in [1.807, 2.05) is 91.0 Å². The molecular weight excluding hydrogens is 586 g/mol. The van der Waals surface area contributed by atoms with Gasteiger partial charge in [-0.25, -0.2) is 0 Å². The third-order valence-electron chi connectivity index (χ3n) is 8.62. The molecule has 2 atom stereocenters. The molecule has 9 heteroatoms. The summed E-state index contributed by atoms with van der Waals surface area (Å²) in [4.78, 5) is 68.2. The van der Waals surface area contributed by atoms with Crippen molar-refractivity contribution < 1.29 is 24.0 Å². The molecule has 1 saturated heterocycles. The number of hydrogen-bond acceptors (Lipinski definition) is 6. The first kappa shape index (κ1) is 28.5. The summed E-state index contributed by atoms with van der Waals surface area (Å²) in [6.07, 6.45) is -0.351. The molecule has 0 radical (unpaired) electrons. The molecule has 2 aliphatic heterocycles. The van der Waals surface area contributed by atoms with E-state index in [1.54, 1.807) is 24.3 Å². The fraction of sp³-hybridized carbons (Fsp3) is 0.139. The van der Waals surface area contributed by atoms with Crippen molar-refractivity contribution in [1.82, 2.24) is 16.0 Å². The van der Waals surface area contributed by atoms with Crippen molar-refractivity contribution in [2.24, 2.45) is 0 Å². The van der Waals surface area contributed by atoms with Gasteiger partial charge in [0.2, 0.25) is 17.6 Å². The van der Waals surface area contributed by atoms with Crippen LogP contribution in [0.15, 0.2) is 126 Å². The van der Waals surface area contributed by atoms with Crippen LogP contribution in [-0.4, -0.2) is 46.6 Å². The van der Waals surface area contributed by atoms with Gasteiger partial charge in [-0.3, -0.25) is 24.0 Å². The van der Waals surface area contributed by atoms with Crippen LogP contribution < -0.4 is 16.0 Å². The second-order valence-corrected chi connectivity index (χ2v) is 12.2. The predicted molar refractivity (Wildman–Crippen MR) is 169 cm³/mol. The highest BCUT2D eigenvalue weighted by atomic mass is 32.2. The monoisotopic (exact) mass is 613 g/mol. The second kappa shape index (κ2) is 11.0. The van der Waals surface area contributed by atoms with E-state index >= 15 is 0 Å². The Morgan fingerprint density at radius 1 is 0.733 bits per heavy atom. The molecule has 222 valence electrons. The van der Waals surface area contributed by atoms with E-state index in [9.17, 15) is 24.0 Å². The Labute approximate surface area is 263 Å². The number of piperazine rings is 1. The molecule has 3 N–H and O–H groups in total. The van der Waals surface area contributed by atoms with Gasteiger partial charge in [0.25, 0.3) is 5.91 Å². The van der Waals surface area contributed by atoms with E-state index in [-0.39, 0.29) is 39.6 Å². The maximum absolute atomic E-state index is 13.9. The van der Waals surface area contributed by atoms with Crippen molar-refractivity contribution in [3.63, 3.8) is 0 Å². The zero-order chi connectivity index (χ0) is 31.2. The summed E-state index contributed by atoms with van der Waals surface area (Å²) in [7, 11) is 0. The molecule has 0 aromatic heterocycles. The van der Waals surface area contributed by atoms with E-state index in [2.05, 4.69) is 16.0 Å². The van der Waals surface area contributed by atoms with Crippen molar-refractivity contribution in [2.75, 3.05) is 5.75 Å². The summed E-state index contributed by atoms with van der Waals surface area (Å²) in [6, 6.07) is 33.9. The van der Waals surface area contributed by atoms with E-state index in [0.717, 1.165) is 28.5 Å². The molecule has 1 fully saturated rings. The maximum atomic E-state index is 13.9. The molecule has 1 spiro atoms. The van der Waals surface area contributed by atoms with Crippen LogP contribution in [0.2, 0.25) is 0 Å². The van der Waals surface area contributed by atoms with Crippen LogP contribution in [-0.2, 0) is 19.9 Å². The Kier molecular flexibility index (Phi) is 6.97. The summed E-state index contributed by atoms with van der Waals surface area (Å²) in [5.41, 5.74) is 0.113. The van der Waals surface area contributed by atoms with Crippen LogP contribution in [0.3, 0.4) is 0 Å². The topological polar surface area (TPSA) is 121 Å². The maximum Gasteiger partial charge on any atom is 0.252 e. The van der Waals surface area contributed by atoms with Gasteiger partial charge in [-0.05, 0) is 16.7 Å². The normalized spacial score (nSPS) is 20.8. The number of rotatable bonds is 6. The third-order valence-corrected chi connectivity index (χ3v) is 9.87. The molecule has 2 heterocycles. The van der Waals surface area contributed by atoms with Gasteiger partial charge in [0, 0.05) is 16.9 Å². The quantitative estimate of drug-likeness (QED) is 0.284. The van der Waals surface area contributed by atoms with Crippen molar-refractivity contribution in [1.29, 1.82) is 0 Å². The molecule has 45 heavy (non-hydrogen) atoms. The minimum atomic E-state index is -1.70. The molecule has 3 amide bonds. The van der Waals surface area contributed by atoms with Crippen molar-refractivity contribution >= 4 is 41.0 Å². The van der Waals surface area contributed by atoms with Gasteiger partial charge in [0.15, 0.2) is 11.3 Å². The standard InChI is InChI=1S/C36H27N3O5S/c40-28(38-36(22-12-4-1-5-13-22,23-14-6-2-7-15-23)24-16-8-3-9-17-24)20-27-33(43)39-35(34(44)37-27)21-45-32-29(35)30(41)25-18-10-11-19-26(25)31(32)42/h1-19,27H,20-21H2,(H,37,44)(H,38,40)(H,39,43)/t27-,35-/m0/s1. The van der Waals surface area contributed by atoms with Gasteiger partial charge in [-0.1, -0.05) is 115 Å². The number of carbonyl (C=O) groups excluding carboxylic acids is 5. The highest BCUT2D eigenvalue weighted by Gasteiger charge is 2.58. The van der Waals surface area contributed by atoms with Gasteiger partial charge in [-0.2, -0.15) is 0 Å². The van der Waals surface area contributed by atoms with Gasteiger partial charge >= 0.3 is 0 Å². The lowest BCUT2D eigenvalue weighted by Gasteiger charge is -2.40. The first-order valence-corrected chi connectivity index (χ1v) is 15.5. The molecule has 0 saturated carbocycles. The van der Waals surface area contributed by atoms with Crippen LogP contribution in [0.25, 0.3) is 0 Å². The minimum absolute atomic E-state index is 0.00123. The summed E-state index contributed by atoms with van der Waals surface area (Å²) >= 11 is 1.08. The molecule has 0 bridgehead atoms. The summed E-state index contributed by atoms with van der Waals surface area (Å²) in [5.74, 6) is -2.51. The fourth-order valence-electron chi connectivity index (χ4n) is 6.48. The van der Waals surface area contributed by atoms with Gasteiger partial charge in [0.1, 0.15) is 11.6 Å². The fourth-order valence-corrected chi connectivity index (χ4v) is 7.84. The van der Waals surface area contributed by atoms with Gasteiger partial charge < -0.3 is 16.0 Å². The molecule has 1 aliphatic carbocycles. The number of thioether (sulfide) groups is 1. The Morgan fingerprint density at radius 2 is 1.22 bits per heavy atom. The van der Waals surface area contributed by atoms with Gasteiger partial charge in [-0.15, -0.1) is 11.8 Å². The van der Waals surface area contributed by atoms with E-state index < -0.39 is 40.6 Å². The Hall–Kier alpha value is -5.28. The molecule has 4 aromatic rings. The van der Waals surface area contributed by atoms with Crippen LogP contribution in [0.5, 0.6) is 0 Å². The Balaban J connectivity index is 1.19. The largest absolute Gasteiger partial charge is 0.341 e. The number of amides is 3. The molecule has 4 aromatic carbocycles. The molecular formula is C36H27N3O5S. The number of ketones is 2. The second-order valence-electron chi connectivity index (χ2n) is 11.2. The number of allylic oxidation sites excluding steroid dienone is 1. The van der Waals surface area contributed by atoms with Crippen LogP contribution in [0.1, 0.15) is 43.8 Å². The smallest absolute Gasteiger partial charge is 0.252 e. The number of fused-ring (bicyclic) bond motifs is 2. The number of hydrogen-bond donors (Lipinski definition) is 3. The zero-order valence-electron chi connectivity index (χ0n) is 23.9. The Bertz CT molecular complexity index is 1810. The lowest BCUT2D eigenvalue weighted by molar-refractivity contribution is -0.140. The molecule has 0 unspecified atom stereocenters. The summed E-state index contributed by atoms with van der Waals surface area (Å²) in [6.45, 7) is 0. The molecule has 8 nitrogen and oxygen atoms in total. The lowest BCUT2D eigenvalue weighted by atomic mass is 9.76. The van der Waals surface area contributed by atoms with E-state index in [1.165, 1.54) is 0 Å². The molecule has 7 rings (SSSR count). The number of benzene rings is 4. The predicted octanol–water partition coefficient (Wildman–Crippen LogP) is 3.92. The highest BCUT2D eigenvalue weighted by Crippen LogP contribution is 2.46. The first-order valence-electron chi connectivity index (χ1n) is 14.5. The highest BCUT2D eigenvalue weighted by molar-refractivity contribution is 8.04. The van der Waals surface area contributed by atoms with Crippen molar-refractivity contribution in [3.8, 4) is 0 Å². The average Bonchev–Trinajstić information content (AvgIpc) is 3.46. The van der Waals surface area contributed by atoms with Crippen LogP contribution >= 0.6 is 11.8 Å². The van der Waals surface area contributed by atoms with Crippen LogP contribution in [0, 0.1) is 0 Å². The summed E-state index contributed by atoms with van der Waals surface area (Å²) < 4.78 is 0. The number of Topliss-reactive ketones (excluding diaryl/α,β-unsaturated/α-hetero) is 2. The zero-order valence-corrected chi connectivity index (χ0v) is 24.7. The Morgan fingerprint density at radius 3 is 1.76 bits per heavy atom. The third kappa shape index (κ3) is 4.50. The minimum Gasteiger partial charge on any atom is -0.341 e. The average molecular weight is 614 g/mol. The van der Waals surface area contributed by atoms with E-state index in [0.29, 0.717) is 0 Å². The lowest BCUT2D eigenvalue weighted by Crippen LogP contribution is -2.71. The SMILES string of the molecule is O=C(C[C@@H]1NC(=O)[C@@]2(CSC3=C2C(=O)c2ccccc2C3=O)NC1=O)NC(c1ccccc1)(c1ccccc1)c1ccccc1. The van der Waals surface area contributed by atoms with Crippen LogP contribution in [0.4, 0.5) is 0 Å². The van der Waals surface area contributed by atoms with Crippen molar-refractivity contribution in [3.05, 3.63) is 154 Å². The van der Waals surface area contributed by atoms with Gasteiger partial charge in [0.05, 0.1) is 16.9 Å². The number of nitrogens with one attached hydrogen (secondary N) is 3. The molecule has 3 aliphatic rings. The number of carbonyl (C=O) groups is 5. The van der Waals surface area contributed by atoms with Crippen molar-refractivity contribution in [2.45, 2.75) is 23.5 Å². The van der Waals surface area contributed by atoms with E-state index in [4.69, 9.17) is 0 Å².